The summed E-state index contributed by atoms with van der Waals surface area (Å²) in [5, 5.41) is 3.48. The maximum absolute atomic E-state index is 12.6. The third kappa shape index (κ3) is 5.30. The van der Waals surface area contributed by atoms with Crippen LogP contribution < -0.4 is 5.32 Å². The van der Waals surface area contributed by atoms with Crippen LogP contribution in [0.4, 0.5) is 13.2 Å². The van der Waals surface area contributed by atoms with Crippen molar-refractivity contribution in [3.8, 4) is 0 Å². The molecule has 0 aliphatic carbocycles. The van der Waals surface area contributed by atoms with Crippen LogP contribution >= 0.6 is 0 Å². The molecule has 0 radical (unpaired) electrons. The number of halogens is 3. The molecule has 0 aromatic rings. The highest BCUT2D eigenvalue weighted by Gasteiger charge is 2.41. The first-order chi connectivity index (χ1) is 8.65. The van der Waals surface area contributed by atoms with Crippen LogP contribution in [0.15, 0.2) is 0 Å². The Labute approximate surface area is 114 Å². The molecule has 114 valence electrons. The van der Waals surface area contributed by atoms with Gasteiger partial charge in [0, 0.05) is 18.1 Å². The van der Waals surface area contributed by atoms with Gasteiger partial charge in [-0.15, -0.1) is 0 Å². The zero-order valence-corrected chi connectivity index (χ0v) is 12.5. The summed E-state index contributed by atoms with van der Waals surface area (Å²) in [6.07, 6.45) is -2.50. The normalized spacial score (nSPS) is 21.6. The van der Waals surface area contributed by atoms with Gasteiger partial charge in [-0.1, -0.05) is 6.92 Å². The molecule has 5 heteroatoms. The van der Waals surface area contributed by atoms with Gasteiger partial charge in [-0.3, -0.25) is 4.90 Å². The summed E-state index contributed by atoms with van der Waals surface area (Å²) >= 11 is 0. The molecule has 1 atom stereocenters. The van der Waals surface area contributed by atoms with E-state index in [4.69, 9.17) is 0 Å². The quantitative estimate of drug-likeness (QED) is 0.830. The van der Waals surface area contributed by atoms with E-state index in [1.54, 1.807) is 0 Å². The zero-order chi connectivity index (χ0) is 14.7. The van der Waals surface area contributed by atoms with E-state index < -0.39 is 12.1 Å². The monoisotopic (exact) mass is 280 g/mol. The Morgan fingerprint density at radius 1 is 1.21 bits per heavy atom. The van der Waals surface area contributed by atoms with Crippen LogP contribution in [-0.2, 0) is 0 Å². The smallest absolute Gasteiger partial charge is 0.310 e. The molecule has 1 unspecified atom stereocenters. The van der Waals surface area contributed by atoms with Crippen molar-refractivity contribution in [1.29, 1.82) is 0 Å². The molecule has 1 saturated heterocycles. The Kier molecular flexibility index (Phi) is 5.68. The van der Waals surface area contributed by atoms with Gasteiger partial charge < -0.3 is 5.32 Å². The number of rotatable bonds is 5. The van der Waals surface area contributed by atoms with Crippen molar-refractivity contribution < 1.29 is 13.2 Å². The highest BCUT2D eigenvalue weighted by atomic mass is 19.4. The average molecular weight is 280 g/mol. The average Bonchev–Trinajstić information content (AvgIpc) is 2.35. The highest BCUT2D eigenvalue weighted by molar-refractivity contribution is 4.83. The van der Waals surface area contributed by atoms with Gasteiger partial charge in [0.15, 0.2) is 0 Å². The molecular formula is C14H27F3N2. The lowest BCUT2D eigenvalue weighted by molar-refractivity contribution is -0.186. The Morgan fingerprint density at radius 2 is 1.74 bits per heavy atom. The molecule has 19 heavy (non-hydrogen) atoms. The molecule has 1 heterocycles. The summed E-state index contributed by atoms with van der Waals surface area (Å²) in [4.78, 5) is 2.17. The molecule has 1 rings (SSSR count). The number of nitrogens with zero attached hydrogens (tertiary/aromatic N) is 1. The van der Waals surface area contributed by atoms with Crippen LogP contribution in [0.1, 0.15) is 47.0 Å². The topological polar surface area (TPSA) is 15.3 Å². The second-order valence-electron chi connectivity index (χ2n) is 6.32. The van der Waals surface area contributed by atoms with Crippen LogP contribution in [0.5, 0.6) is 0 Å². The van der Waals surface area contributed by atoms with E-state index >= 15 is 0 Å². The van der Waals surface area contributed by atoms with Crippen LogP contribution in [0.2, 0.25) is 0 Å². The minimum atomic E-state index is -4.02. The fourth-order valence-corrected chi connectivity index (χ4v) is 2.35. The fourth-order valence-electron chi connectivity index (χ4n) is 2.35. The number of hydrogen-bond donors (Lipinski definition) is 1. The molecule has 1 fully saturated rings. The van der Waals surface area contributed by atoms with Gasteiger partial charge in [0.25, 0.3) is 0 Å². The molecule has 1 aliphatic rings. The van der Waals surface area contributed by atoms with Crippen molar-refractivity contribution in [3.05, 3.63) is 0 Å². The van der Waals surface area contributed by atoms with Crippen molar-refractivity contribution in [2.24, 2.45) is 5.92 Å². The minimum absolute atomic E-state index is 0.0958. The first-order valence-electron chi connectivity index (χ1n) is 7.21. The van der Waals surface area contributed by atoms with Crippen LogP contribution in [0.3, 0.4) is 0 Å². The number of likely N-dealkylation sites (tertiary alicyclic amines) is 1. The van der Waals surface area contributed by atoms with Gasteiger partial charge in [-0.05, 0) is 53.1 Å². The molecule has 0 spiro atoms. The summed E-state index contributed by atoms with van der Waals surface area (Å²) < 4.78 is 37.8. The van der Waals surface area contributed by atoms with Gasteiger partial charge in [-0.25, -0.2) is 0 Å². The van der Waals surface area contributed by atoms with Gasteiger partial charge in [0.2, 0.25) is 0 Å². The lowest BCUT2D eigenvalue weighted by Crippen LogP contribution is -2.50. The molecule has 0 bridgehead atoms. The van der Waals surface area contributed by atoms with Crippen LogP contribution in [0.25, 0.3) is 0 Å². The highest BCUT2D eigenvalue weighted by Crippen LogP contribution is 2.34. The minimum Gasteiger partial charge on any atom is -0.310 e. The van der Waals surface area contributed by atoms with Gasteiger partial charge in [0.1, 0.15) is 0 Å². The predicted molar refractivity (Wildman–Crippen MR) is 72.2 cm³/mol. The summed E-state index contributed by atoms with van der Waals surface area (Å²) in [6, 6.07) is 0.292. The number of alkyl halides is 3. The Bertz CT molecular complexity index is 268. The fraction of sp³-hybridized carbons (Fsp3) is 1.00. The van der Waals surface area contributed by atoms with Crippen molar-refractivity contribution in [2.45, 2.75) is 64.7 Å². The van der Waals surface area contributed by atoms with Gasteiger partial charge >= 0.3 is 6.18 Å². The largest absolute Gasteiger partial charge is 0.391 e. The Hall–Kier alpha value is -0.290. The Morgan fingerprint density at radius 3 is 2.16 bits per heavy atom. The summed E-state index contributed by atoms with van der Waals surface area (Å²) in [5.41, 5.74) is 0.0958. The van der Waals surface area contributed by atoms with Gasteiger partial charge in [-0.2, -0.15) is 13.2 Å². The lowest BCUT2D eigenvalue weighted by Gasteiger charge is -2.38. The van der Waals surface area contributed by atoms with E-state index in [1.165, 1.54) is 0 Å². The van der Waals surface area contributed by atoms with Crippen LogP contribution in [-0.4, -0.2) is 42.3 Å². The first kappa shape index (κ1) is 16.8. The SMILES string of the molecule is CCC(C)(C)NCC(C)N1CCC(C(F)(F)F)CC1. The molecule has 1 N–H and O–H groups in total. The van der Waals surface area contributed by atoms with Crippen molar-refractivity contribution in [1.82, 2.24) is 10.2 Å². The predicted octanol–water partition coefficient (Wildman–Crippen LogP) is 3.43. The van der Waals surface area contributed by atoms with E-state index in [0.29, 0.717) is 19.1 Å². The lowest BCUT2D eigenvalue weighted by atomic mass is 9.95. The van der Waals surface area contributed by atoms with Crippen molar-refractivity contribution in [2.75, 3.05) is 19.6 Å². The molecule has 0 aromatic heterocycles. The van der Waals surface area contributed by atoms with E-state index in [0.717, 1.165) is 13.0 Å². The van der Waals surface area contributed by atoms with Crippen molar-refractivity contribution >= 4 is 0 Å². The summed E-state index contributed by atoms with van der Waals surface area (Å²) in [5.74, 6) is -1.10. The van der Waals surface area contributed by atoms with Crippen molar-refractivity contribution in [3.63, 3.8) is 0 Å². The first-order valence-corrected chi connectivity index (χ1v) is 7.21. The van der Waals surface area contributed by atoms with E-state index in [9.17, 15) is 13.2 Å². The number of piperidine rings is 1. The Balaban J connectivity index is 2.35. The maximum atomic E-state index is 12.6. The summed E-state index contributed by atoms with van der Waals surface area (Å²) in [7, 11) is 0. The van der Waals surface area contributed by atoms with E-state index in [-0.39, 0.29) is 18.4 Å². The van der Waals surface area contributed by atoms with E-state index in [1.807, 2.05) is 0 Å². The molecule has 1 aliphatic heterocycles. The third-order valence-electron chi connectivity index (χ3n) is 4.38. The molecular weight excluding hydrogens is 253 g/mol. The molecule has 0 amide bonds. The van der Waals surface area contributed by atoms with E-state index in [2.05, 4.69) is 37.9 Å². The molecule has 0 saturated carbocycles. The standard InChI is InChI=1S/C14H27F3N2/c1-5-13(3,4)18-10-11(2)19-8-6-12(7-9-19)14(15,16)17/h11-12,18H,5-10H2,1-4H3. The molecule has 0 aromatic carbocycles. The second-order valence-corrected chi connectivity index (χ2v) is 6.32. The summed E-state index contributed by atoms with van der Waals surface area (Å²) in [6.45, 7) is 10.5. The zero-order valence-electron chi connectivity index (χ0n) is 12.5. The molecule has 2 nitrogen and oxygen atoms in total. The van der Waals surface area contributed by atoms with Crippen LogP contribution in [0, 0.1) is 5.92 Å². The second kappa shape index (κ2) is 6.44. The third-order valence-corrected chi connectivity index (χ3v) is 4.38. The van der Waals surface area contributed by atoms with Gasteiger partial charge in [0.05, 0.1) is 5.92 Å². The number of hydrogen-bond acceptors (Lipinski definition) is 2. The number of nitrogens with one attached hydrogen (secondary N) is 1. The maximum Gasteiger partial charge on any atom is 0.391 e.